The molecule has 26 heavy (non-hydrogen) atoms. The van der Waals surface area contributed by atoms with Gasteiger partial charge in [-0.1, -0.05) is 13.8 Å². The molecule has 1 aromatic carbocycles. The molecule has 1 heterocycles. The average Bonchev–Trinajstić information content (AvgIpc) is 2.62. The van der Waals surface area contributed by atoms with E-state index in [0.29, 0.717) is 35.6 Å². The summed E-state index contributed by atoms with van der Waals surface area (Å²) in [7, 11) is 1.58. The first-order chi connectivity index (χ1) is 12.4. The molecule has 6 heteroatoms. The summed E-state index contributed by atoms with van der Waals surface area (Å²) in [6.45, 7) is 12.2. The Morgan fingerprint density at radius 3 is 2.46 bits per heavy atom. The number of nitrogens with one attached hydrogen (secondary N) is 1. The van der Waals surface area contributed by atoms with E-state index < -0.39 is 0 Å². The van der Waals surface area contributed by atoms with Crippen LogP contribution in [0.2, 0.25) is 0 Å². The van der Waals surface area contributed by atoms with E-state index in [0.717, 1.165) is 26.3 Å². The van der Waals surface area contributed by atoms with Gasteiger partial charge in [-0.15, -0.1) is 0 Å². The topological polar surface area (TPSA) is 60.0 Å². The molecular weight excluding hydrogens is 332 g/mol. The van der Waals surface area contributed by atoms with Crippen LogP contribution >= 0.6 is 0 Å². The van der Waals surface area contributed by atoms with E-state index in [4.69, 9.17) is 14.2 Å². The molecule has 2 rings (SSSR count). The SMILES string of the molecule is COc1cc(C(=O)NCC(C(C)C)N2CCOCC2)ccc1OC(C)C. The highest BCUT2D eigenvalue weighted by Crippen LogP contribution is 2.29. The summed E-state index contributed by atoms with van der Waals surface area (Å²) >= 11 is 0. The number of carbonyl (C=O) groups is 1. The lowest BCUT2D eigenvalue weighted by molar-refractivity contribution is 0.00672. The fraction of sp³-hybridized carbons (Fsp3) is 0.650. The molecule has 1 aromatic rings. The quantitative estimate of drug-likeness (QED) is 0.768. The second kappa shape index (κ2) is 9.78. The minimum Gasteiger partial charge on any atom is -0.493 e. The number of amides is 1. The minimum absolute atomic E-state index is 0.0453. The first kappa shape index (κ1) is 20.5. The van der Waals surface area contributed by atoms with Crippen LogP contribution in [0.5, 0.6) is 11.5 Å². The Balaban J connectivity index is 2.01. The molecule has 146 valence electrons. The van der Waals surface area contributed by atoms with Crippen LogP contribution in [-0.4, -0.2) is 62.9 Å². The lowest BCUT2D eigenvalue weighted by Crippen LogP contribution is -2.51. The van der Waals surface area contributed by atoms with Crippen LogP contribution in [0.25, 0.3) is 0 Å². The Labute approximate surface area is 156 Å². The van der Waals surface area contributed by atoms with Gasteiger partial charge in [-0.05, 0) is 38.0 Å². The number of ether oxygens (including phenoxy) is 3. The second-order valence-electron chi connectivity index (χ2n) is 7.20. The molecule has 1 aliphatic heterocycles. The highest BCUT2D eigenvalue weighted by Gasteiger charge is 2.24. The summed E-state index contributed by atoms with van der Waals surface area (Å²) in [5.74, 6) is 1.57. The van der Waals surface area contributed by atoms with E-state index in [9.17, 15) is 4.79 Å². The molecule has 1 unspecified atom stereocenters. The predicted molar refractivity (Wildman–Crippen MR) is 102 cm³/mol. The highest BCUT2D eigenvalue weighted by molar-refractivity contribution is 5.94. The lowest BCUT2D eigenvalue weighted by Gasteiger charge is -2.36. The number of nitrogens with zero attached hydrogens (tertiary/aromatic N) is 1. The Hall–Kier alpha value is -1.79. The van der Waals surface area contributed by atoms with Crippen LogP contribution in [0.3, 0.4) is 0 Å². The van der Waals surface area contributed by atoms with Crippen LogP contribution in [0.4, 0.5) is 0 Å². The van der Waals surface area contributed by atoms with E-state index in [1.54, 1.807) is 25.3 Å². The largest absolute Gasteiger partial charge is 0.493 e. The first-order valence-electron chi connectivity index (χ1n) is 9.37. The Morgan fingerprint density at radius 1 is 1.19 bits per heavy atom. The number of carbonyl (C=O) groups excluding carboxylic acids is 1. The second-order valence-corrected chi connectivity index (χ2v) is 7.20. The summed E-state index contributed by atoms with van der Waals surface area (Å²) in [5, 5.41) is 3.07. The maximum absolute atomic E-state index is 12.6. The van der Waals surface area contributed by atoms with Gasteiger partial charge in [-0.25, -0.2) is 0 Å². The van der Waals surface area contributed by atoms with Crippen LogP contribution in [-0.2, 0) is 4.74 Å². The number of morpholine rings is 1. The molecule has 1 atom stereocenters. The van der Waals surface area contributed by atoms with E-state index in [-0.39, 0.29) is 12.0 Å². The van der Waals surface area contributed by atoms with Gasteiger partial charge in [0, 0.05) is 31.2 Å². The molecule has 1 N–H and O–H groups in total. The number of rotatable bonds is 8. The van der Waals surface area contributed by atoms with Gasteiger partial charge < -0.3 is 19.5 Å². The summed E-state index contributed by atoms with van der Waals surface area (Å²) < 4.78 is 16.5. The van der Waals surface area contributed by atoms with E-state index in [1.165, 1.54) is 0 Å². The van der Waals surface area contributed by atoms with Crippen LogP contribution in [0.1, 0.15) is 38.1 Å². The van der Waals surface area contributed by atoms with Crippen molar-refractivity contribution < 1.29 is 19.0 Å². The van der Waals surface area contributed by atoms with Gasteiger partial charge in [0.05, 0.1) is 26.4 Å². The van der Waals surface area contributed by atoms with Gasteiger partial charge >= 0.3 is 0 Å². The average molecular weight is 364 g/mol. The maximum Gasteiger partial charge on any atom is 0.251 e. The molecule has 0 spiro atoms. The molecule has 0 saturated carbocycles. The van der Waals surface area contributed by atoms with Crippen molar-refractivity contribution in [1.29, 1.82) is 0 Å². The van der Waals surface area contributed by atoms with Crippen molar-refractivity contribution in [2.24, 2.45) is 5.92 Å². The van der Waals surface area contributed by atoms with E-state index in [1.807, 2.05) is 13.8 Å². The fourth-order valence-electron chi connectivity index (χ4n) is 3.16. The molecule has 1 fully saturated rings. The third kappa shape index (κ3) is 5.61. The van der Waals surface area contributed by atoms with E-state index >= 15 is 0 Å². The highest BCUT2D eigenvalue weighted by atomic mass is 16.5. The molecule has 1 saturated heterocycles. The smallest absolute Gasteiger partial charge is 0.251 e. The zero-order chi connectivity index (χ0) is 19.1. The van der Waals surface area contributed by atoms with Crippen molar-refractivity contribution in [2.45, 2.75) is 39.8 Å². The standard InChI is InChI=1S/C20H32N2O4/c1-14(2)17(22-8-10-25-11-9-22)13-21-20(23)16-6-7-18(26-15(3)4)19(12-16)24-5/h6-7,12,14-15,17H,8-11,13H2,1-5H3,(H,21,23). The molecule has 0 aromatic heterocycles. The zero-order valence-electron chi connectivity index (χ0n) is 16.6. The first-order valence-corrected chi connectivity index (χ1v) is 9.37. The lowest BCUT2D eigenvalue weighted by atomic mass is 10.0. The molecule has 6 nitrogen and oxygen atoms in total. The van der Waals surface area contributed by atoms with Crippen molar-refractivity contribution in [3.8, 4) is 11.5 Å². The van der Waals surface area contributed by atoms with Crippen molar-refractivity contribution >= 4 is 5.91 Å². The third-order valence-corrected chi connectivity index (χ3v) is 4.54. The van der Waals surface area contributed by atoms with Crippen molar-refractivity contribution in [3.63, 3.8) is 0 Å². The summed E-state index contributed by atoms with van der Waals surface area (Å²) in [4.78, 5) is 15.0. The predicted octanol–water partition coefficient (Wildman–Crippen LogP) is 2.57. The van der Waals surface area contributed by atoms with Gasteiger partial charge in [0.1, 0.15) is 0 Å². The van der Waals surface area contributed by atoms with Gasteiger partial charge in [0.25, 0.3) is 5.91 Å². The summed E-state index contributed by atoms with van der Waals surface area (Å²) in [6.07, 6.45) is 0.0453. The molecule has 1 amide bonds. The van der Waals surface area contributed by atoms with Crippen LogP contribution in [0, 0.1) is 5.92 Å². The normalized spacial score (nSPS) is 16.6. The molecule has 0 bridgehead atoms. The van der Waals surface area contributed by atoms with Crippen LogP contribution in [0.15, 0.2) is 18.2 Å². The van der Waals surface area contributed by atoms with Gasteiger partial charge in [-0.2, -0.15) is 0 Å². The number of methoxy groups -OCH3 is 1. The summed E-state index contributed by atoms with van der Waals surface area (Å²) in [5.41, 5.74) is 0.572. The van der Waals surface area contributed by atoms with Gasteiger partial charge in [-0.3, -0.25) is 9.69 Å². The number of benzene rings is 1. The maximum atomic E-state index is 12.6. The van der Waals surface area contributed by atoms with Crippen molar-refractivity contribution in [3.05, 3.63) is 23.8 Å². The Bertz CT molecular complexity index is 583. The van der Waals surface area contributed by atoms with Gasteiger partial charge in [0.15, 0.2) is 11.5 Å². The molecule has 1 aliphatic rings. The fourth-order valence-corrected chi connectivity index (χ4v) is 3.16. The van der Waals surface area contributed by atoms with Gasteiger partial charge in [0.2, 0.25) is 0 Å². The molecule has 0 radical (unpaired) electrons. The van der Waals surface area contributed by atoms with Crippen molar-refractivity contribution in [1.82, 2.24) is 10.2 Å². The molecule has 0 aliphatic carbocycles. The molecular formula is C20H32N2O4. The third-order valence-electron chi connectivity index (χ3n) is 4.54. The zero-order valence-corrected chi connectivity index (χ0v) is 16.6. The summed E-state index contributed by atoms with van der Waals surface area (Å²) in [6, 6.07) is 5.59. The van der Waals surface area contributed by atoms with Crippen molar-refractivity contribution in [2.75, 3.05) is 40.0 Å². The van der Waals surface area contributed by atoms with Crippen LogP contribution < -0.4 is 14.8 Å². The Morgan fingerprint density at radius 2 is 1.88 bits per heavy atom. The van der Waals surface area contributed by atoms with E-state index in [2.05, 4.69) is 24.1 Å². The monoisotopic (exact) mass is 364 g/mol. The minimum atomic E-state index is -0.0988. The number of hydrogen-bond acceptors (Lipinski definition) is 5. The number of hydrogen-bond donors (Lipinski definition) is 1. The Kier molecular flexibility index (Phi) is 7.72.